The van der Waals surface area contributed by atoms with E-state index >= 15 is 0 Å². The first-order valence-electron chi connectivity index (χ1n) is 5.61. The molecule has 1 fully saturated rings. The third-order valence-corrected chi connectivity index (χ3v) is 4.54. The van der Waals surface area contributed by atoms with Crippen molar-refractivity contribution in [2.24, 2.45) is 0 Å². The Kier molecular flexibility index (Phi) is 3.64. The molecule has 3 N–H and O–H groups in total. The maximum atomic E-state index is 12.5. The fourth-order valence-electron chi connectivity index (χ4n) is 1.81. The molecule has 20 heavy (non-hydrogen) atoms. The summed E-state index contributed by atoms with van der Waals surface area (Å²) in [6, 6.07) is 4.13. The molecule has 8 nitrogen and oxygen atoms in total. The summed E-state index contributed by atoms with van der Waals surface area (Å²) < 4.78 is 30.7. The quantitative estimate of drug-likeness (QED) is 0.541. The summed E-state index contributed by atoms with van der Waals surface area (Å²) in [5.41, 5.74) is 5.81. The molecule has 0 aromatic heterocycles. The van der Waals surface area contributed by atoms with Gasteiger partial charge >= 0.3 is 0 Å². The van der Waals surface area contributed by atoms with Crippen molar-refractivity contribution < 1.29 is 22.7 Å². The third kappa shape index (κ3) is 2.58. The van der Waals surface area contributed by atoms with Crippen LogP contribution in [0.4, 0.5) is 5.69 Å². The van der Waals surface area contributed by atoms with E-state index in [-0.39, 0.29) is 16.3 Å². The summed E-state index contributed by atoms with van der Waals surface area (Å²) in [6.45, 7) is -0.849. The van der Waals surface area contributed by atoms with Crippen molar-refractivity contribution in [2.75, 3.05) is 25.9 Å². The lowest BCUT2D eigenvalue weighted by Gasteiger charge is -2.25. The summed E-state index contributed by atoms with van der Waals surface area (Å²) in [5.74, 6) is -1.25. The van der Waals surface area contributed by atoms with E-state index in [1.165, 1.54) is 25.3 Å². The molecule has 0 saturated carbocycles. The van der Waals surface area contributed by atoms with E-state index in [0.29, 0.717) is 0 Å². The topological polar surface area (TPSA) is 119 Å². The first-order chi connectivity index (χ1) is 9.34. The SMILES string of the molecule is COc1ccc(N)cc1S(=O)(=O)N1CC(=O)NC(=O)C1. The molecule has 0 radical (unpaired) electrons. The Morgan fingerprint density at radius 3 is 2.40 bits per heavy atom. The highest BCUT2D eigenvalue weighted by atomic mass is 32.2. The number of hydrogen-bond acceptors (Lipinski definition) is 6. The minimum absolute atomic E-state index is 0.0950. The van der Waals surface area contributed by atoms with Gasteiger partial charge in [-0.3, -0.25) is 14.9 Å². The number of nitrogens with zero attached hydrogens (tertiary/aromatic N) is 1. The second-order valence-electron chi connectivity index (χ2n) is 4.15. The van der Waals surface area contributed by atoms with Gasteiger partial charge in [0.2, 0.25) is 21.8 Å². The van der Waals surface area contributed by atoms with Crippen molar-refractivity contribution in [3.63, 3.8) is 0 Å². The van der Waals surface area contributed by atoms with Crippen molar-refractivity contribution in [2.45, 2.75) is 4.90 Å². The Morgan fingerprint density at radius 2 is 1.85 bits per heavy atom. The number of piperazine rings is 1. The van der Waals surface area contributed by atoms with Gasteiger partial charge in [0, 0.05) is 5.69 Å². The summed E-state index contributed by atoms with van der Waals surface area (Å²) in [5, 5.41) is 2.03. The number of ether oxygens (including phenoxy) is 1. The van der Waals surface area contributed by atoms with Crippen LogP contribution in [0.15, 0.2) is 23.1 Å². The standard InChI is InChI=1S/C11H13N3O5S/c1-19-8-3-2-7(12)4-9(8)20(17,18)14-5-10(15)13-11(16)6-14/h2-4H,5-6,12H2,1H3,(H,13,15,16). The van der Waals surface area contributed by atoms with Gasteiger partial charge in [0.15, 0.2) is 0 Å². The first kappa shape index (κ1) is 14.3. The van der Waals surface area contributed by atoms with Gasteiger partial charge in [-0.15, -0.1) is 0 Å². The number of anilines is 1. The van der Waals surface area contributed by atoms with Crippen LogP contribution in [0.1, 0.15) is 0 Å². The van der Waals surface area contributed by atoms with Gasteiger partial charge in [-0.05, 0) is 18.2 Å². The van der Waals surface area contributed by atoms with Crippen LogP contribution in [0, 0.1) is 0 Å². The van der Waals surface area contributed by atoms with Crippen molar-refractivity contribution >= 4 is 27.5 Å². The van der Waals surface area contributed by atoms with E-state index in [2.05, 4.69) is 0 Å². The summed E-state index contributed by atoms with van der Waals surface area (Å²) in [6.07, 6.45) is 0. The molecule has 0 bridgehead atoms. The molecular weight excluding hydrogens is 286 g/mol. The average molecular weight is 299 g/mol. The predicted molar refractivity (Wildman–Crippen MR) is 69.3 cm³/mol. The van der Waals surface area contributed by atoms with Gasteiger partial charge in [-0.25, -0.2) is 8.42 Å². The first-order valence-corrected chi connectivity index (χ1v) is 7.05. The van der Waals surface area contributed by atoms with Crippen LogP contribution in [-0.2, 0) is 19.6 Å². The zero-order valence-electron chi connectivity index (χ0n) is 10.6. The maximum Gasteiger partial charge on any atom is 0.247 e. The predicted octanol–water partition coefficient (Wildman–Crippen LogP) is -1.08. The monoisotopic (exact) mass is 299 g/mol. The minimum Gasteiger partial charge on any atom is -0.495 e. The van der Waals surface area contributed by atoms with E-state index in [0.717, 1.165) is 4.31 Å². The zero-order valence-corrected chi connectivity index (χ0v) is 11.4. The zero-order chi connectivity index (χ0) is 14.9. The smallest absolute Gasteiger partial charge is 0.247 e. The van der Waals surface area contributed by atoms with Crippen LogP contribution >= 0.6 is 0 Å². The molecule has 0 atom stereocenters. The second kappa shape index (κ2) is 5.10. The fraction of sp³-hybridized carbons (Fsp3) is 0.273. The highest BCUT2D eigenvalue weighted by Gasteiger charge is 2.34. The molecule has 1 aliphatic rings. The van der Waals surface area contributed by atoms with Crippen molar-refractivity contribution in [3.05, 3.63) is 18.2 Å². The highest BCUT2D eigenvalue weighted by Crippen LogP contribution is 2.28. The molecule has 108 valence electrons. The molecule has 2 amide bonds. The molecule has 1 aliphatic heterocycles. The van der Waals surface area contributed by atoms with E-state index in [9.17, 15) is 18.0 Å². The van der Waals surface area contributed by atoms with Crippen LogP contribution in [0.5, 0.6) is 5.75 Å². The Labute approximate surface area is 115 Å². The van der Waals surface area contributed by atoms with Gasteiger partial charge in [0.05, 0.1) is 20.2 Å². The number of imide groups is 1. The van der Waals surface area contributed by atoms with Crippen LogP contribution in [0.25, 0.3) is 0 Å². The molecule has 1 aromatic carbocycles. The number of carbonyl (C=O) groups excluding carboxylic acids is 2. The largest absolute Gasteiger partial charge is 0.495 e. The third-order valence-electron chi connectivity index (χ3n) is 2.72. The second-order valence-corrected chi connectivity index (χ2v) is 6.06. The van der Waals surface area contributed by atoms with E-state index in [1.54, 1.807) is 0 Å². The van der Waals surface area contributed by atoms with Crippen molar-refractivity contribution in [1.29, 1.82) is 0 Å². The number of amides is 2. The van der Waals surface area contributed by atoms with Crippen LogP contribution in [0.3, 0.4) is 0 Å². The number of benzene rings is 1. The molecule has 0 aliphatic carbocycles. The van der Waals surface area contributed by atoms with E-state index < -0.39 is 34.9 Å². The number of nitrogens with two attached hydrogens (primary N) is 1. The normalized spacial score (nSPS) is 16.9. The van der Waals surface area contributed by atoms with Gasteiger partial charge < -0.3 is 10.5 Å². The number of methoxy groups -OCH3 is 1. The Morgan fingerprint density at radius 1 is 1.25 bits per heavy atom. The van der Waals surface area contributed by atoms with Gasteiger partial charge in [-0.1, -0.05) is 0 Å². The summed E-state index contributed by atoms with van der Waals surface area (Å²) in [7, 11) is -2.73. The van der Waals surface area contributed by atoms with Gasteiger partial charge in [0.1, 0.15) is 10.6 Å². The lowest BCUT2D eigenvalue weighted by Crippen LogP contribution is -2.53. The number of nitrogen functional groups attached to an aromatic ring is 1. The Hall–Kier alpha value is -2.13. The number of rotatable bonds is 3. The number of sulfonamides is 1. The van der Waals surface area contributed by atoms with Crippen LogP contribution in [-0.4, -0.2) is 44.7 Å². The lowest BCUT2D eigenvalue weighted by molar-refractivity contribution is -0.134. The Balaban J connectivity index is 2.47. The molecule has 9 heteroatoms. The van der Waals surface area contributed by atoms with E-state index in [1.807, 2.05) is 5.32 Å². The molecule has 1 heterocycles. The molecule has 1 aromatic rings. The maximum absolute atomic E-state index is 12.5. The van der Waals surface area contributed by atoms with Gasteiger partial charge in [0.25, 0.3) is 0 Å². The van der Waals surface area contributed by atoms with Crippen LogP contribution in [0.2, 0.25) is 0 Å². The fourth-order valence-corrected chi connectivity index (χ4v) is 3.36. The number of carbonyl (C=O) groups is 2. The van der Waals surface area contributed by atoms with E-state index in [4.69, 9.17) is 10.5 Å². The lowest BCUT2D eigenvalue weighted by atomic mass is 10.3. The Bertz CT molecular complexity index is 655. The van der Waals surface area contributed by atoms with Crippen molar-refractivity contribution in [3.8, 4) is 5.75 Å². The van der Waals surface area contributed by atoms with Gasteiger partial charge in [-0.2, -0.15) is 4.31 Å². The number of hydrogen-bond donors (Lipinski definition) is 2. The summed E-state index contributed by atoms with van der Waals surface area (Å²) in [4.78, 5) is 22.4. The summed E-state index contributed by atoms with van der Waals surface area (Å²) >= 11 is 0. The molecule has 1 saturated heterocycles. The molecular formula is C11H13N3O5S. The van der Waals surface area contributed by atoms with Crippen LogP contribution < -0.4 is 15.8 Å². The molecule has 0 unspecified atom stereocenters. The highest BCUT2D eigenvalue weighted by molar-refractivity contribution is 7.89. The van der Waals surface area contributed by atoms with Crippen molar-refractivity contribution in [1.82, 2.24) is 9.62 Å². The average Bonchev–Trinajstić information content (AvgIpc) is 2.37. The minimum atomic E-state index is -4.05. The molecule has 2 rings (SSSR count). The number of nitrogens with one attached hydrogen (secondary N) is 1. The molecule has 0 spiro atoms.